The van der Waals surface area contributed by atoms with Crippen LogP contribution < -0.4 is 10.2 Å². The molecule has 20 heavy (non-hydrogen) atoms. The van der Waals surface area contributed by atoms with E-state index in [1.54, 1.807) is 7.11 Å². The molecule has 1 aliphatic heterocycles. The SMILES string of the molecule is CCNC1CCN(C(=O)C(C)(C)OC)c2ccccc21. The zero-order chi connectivity index (χ0) is 14.8. The number of carbonyl (C=O) groups is 1. The van der Waals surface area contributed by atoms with Crippen LogP contribution in [0.5, 0.6) is 0 Å². The number of hydrogen-bond acceptors (Lipinski definition) is 3. The molecule has 110 valence electrons. The third-order valence-corrected chi connectivity index (χ3v) is 3.97. The minimum atomic E-state index is -0.794. The van der Waals surface area contributed by atoms with Gasteiger partial charge in [-0.1, -0.05) is 25.1 Å². The summed E-state index contributed by atoms with van der Waals surface area (Å²) in [6.07, 6.45) is 0.927. The van der Waals surface area contributed by atoms with Crippen molar-refractivity contribution in [2.24, 2.45) is 0 Å². The van der Waals surface area contributed by atoms with Crippen molar-refractivity contribution < 1.29 is 9.53 Å². The van der Waals surface area contributed by atoms with Crippen molar-refractivity contribution in [2.75, 3.05) is 25.1 Å². The first-order valence-electron chi connectivity index (χ1n) is 7.20. The third-order valence-electron chi connectivity index (χ3n) is 3.97. The number of amides is 1. The highest BCUT2D eigenvalue weighted by atomic mass is 16.5. The van der Waals surface area contributed by atoms with E-state index in [1.807, 2.05) is 36.9 Å². The zero-order valence-electron chi connectivity index (χ0n) is 12.8. The molecule has 0 saturated carbocycles. The van der Waals surface area contributed by atoms with Gasteiger partial charge in [-0.05, 0) is 38.4 Å². The largest absolute Gasteiger partial charge is 0.369 e. The van der Waals surface area contributed by atoms with Crippen molar-refractivity contribution in [3.8, 4) is 0 Å². The molecule has 2 rings (SSSR count). The van der Waals surface area contributed by atoms with Crippen LogP contribution in [0.4, 0.5) is 5.69 Å². The number of fused-ring (bicyclic) bond motifs is 1. The van der Waals surface area contributed by atoms with Crippen LogP contribution in [0.1, 0.15) is 38.8 Å². The average Bonchev–Trinajstić information content (AvgIpc) is 2.47. The summed E-state index contributed by atoms with van der Waals surface area (Å²) in [5.74, 6) is 0.0161. The minimum absolute atomic E-state index is 0.0161. The van der Waals surface area contributed by atoms with E-state index in [0.717, 1.165) is 25.2 Å². The zero-order valence-corrected chi connectivity index (χ0v) is 12.8. The molecule has 0 aromatic heterocycles. The Hall–Kier alpha value is -1.39. The minimum Gasteiger partial charge on any atom is -0.369 e. The number of nitrogens with zero attached hydrogens (tertiary/aromatic N) is 1. The molecule has 1 aliphatic rings. The van der Waals surface area contributed by atoms with Gasteiger partial charge in [0.2, 0.25) is 0 Å². The lowest BCUT2D eigenvalue weighted by Crippen LogP contribution is -2.49. The van der Waals surface area contributed by atoms with Crippen LogP contribution in [-0.4, -0.2) is 31.7 Å². The third kappa shape index (κ3) is 2.72. The second kappa shape index (κ2) is 5.94. The van der Waals surface area contributed by atoms with E-state index >= 15 is 0 Å². The van der Waals surface area contributed by atoms with Gasteiger partial charge in [-0.3, -0.25) is 4.79 Å². The fourth-order valence-corrected chi connectivity index (χ4v) is 2.64. The number of nitrogens with one attached hydrogen (secondary N) is 1. The summed E-state index contributed by atoms with van der Waals surface area (Å²) < 4.78 is 5.34. The molecule has 4 nitrogen and oxygen atoms in total. The van der Waals surface area contributed by atoms with Gasteiger partial charge in [0, 0.05) is 25.4 Å². The number of carbonyl (C=O) groups excluding carboxylic acids is 1. The molecule has 1 N–H and O–H groups in total. The fraction of sp³-hybridized carbons (Fsp3) is 0.562. The normalized spacial score (nSPS) is 18.8. The quantitative estimate of drug-likeness (QED) is 0.918. The van der Waals surface area contributed by atoms with E-state index in [9.17, 15) is 4.79 Å². The Morgan fingerprint density at radius 2 is 2.15 bits per heavy atom. The molecule has 0 saturated heterocycles. The highest BCUT2D eigenvalue weighted by Gasteiger charge is 2.36. The Kier molecular flexibility index (Phi) is 4.45. The van der Waals surface area contributed by atoms with E-state index in [4.69, 9.17) is 4.74 Å². The lowest BCUT2D eigenvalue weighted by molar-refractivity contribution is -0.136. The molecule has 1 heterocycles. The summed E-state index contributed by atoms with van der Waals surface area (Å²) in [7, 11) is 1.58. The van der Waals surface area contributed by atoms with Crippen LogP contribution in [-0.2, 0) is 9.53 Å². The lowest BCUT2D eigenvalue weighted by Gasteiger charge is -2.38. The molecule has 4 heteroatoms. The molecule has 1 unspecified atom stereocenters. The molecule has 1 aromatic rings. The predicted octanol–water partition coefficient (Wildman–Crippen LogP) is 2.50. The lowest BCUT2D eigenvalue weighted by atomic mass is 9.94. The second-order valence-electron chi connectivity index (χ2n) is 5.63. The Bertz CT molecular complexity index is 485. The molecule has 0 spiro atoms. The summed E-state index contributed by atoms with van der Waals surface area (Å²) in [6.45, 7) is 7.38. The van der Waals surface area contributed by atoms with Gasteiger partial charge in [0.05, 0.1) is 0 Å². The van der Waals surface area contributed by atoms with Crippen LogP contribution in [0, 0.1) is 0 Å². The van der Waals surface area contributed by atoms with Gasteiger partial charge in [0.25, 0.3) is 5.91 Å². The van der Waals surface area contributed by atoms with Crippen LogP contribution in [0.2, 0.25) is 0 Å². The van der Waals surface area contributed by atoms with Gasteiger partial charge < -0.3 is 15.0 Å². The van der Waals surface area contributed by atoms with Gasteiger partial charge in [0.1, 0.15) is 5.60 Å². The van der Waals surface area contributed by atoms with E-state index in [1.165, 1.54) is 5.56 Å². The number of rotatable bonds is 4. The summed E-state index contributed by atoms with van der Waals surface area (Å²) in [5.41, 5.74) is 1.40. The molecule has 0 aliphatic carbocycles. The van der Waals surface area contributed by atoms with Crippen molar-refractivity contribution in [3.05, 3.63) is 29.8 Å². The first-order valence-corrected chi connectivity index (χ1v) is 7.20. The Morgan fingerprint density at radius 1 is 1.45 bits per heavy atom. The highest BCUT2D eigenvalue weighted by Crippen LogP contribution is 2.35. The molecular weight excluding hydrogens is 252 g/mol. The molecule has 0 bridgehead atoms. The molecular formula is C16H24N2O2. The van der Waals surface area contributed by atoms with Crippen molar-refractivity contribution in [3.63, 3.8) is 0 Å². The summed E-state index contributed by atoms with van der Waals surface area (Å²) in [4.78, 5) is 14.5. The van der Waals surface area contributed by atoms with Gasteiger partial charge in [-0.15, -0.1) is 0 Å². The molecule has 1 amide bonds. The van der Waals surface area contributed by atoms with E-state index < -0.39 is 5.60 Å². The van der Waals surface area contributed by atoms with Crippen molar-refractivity contribution >= 4 is 11.6 Å². The Balaban J connectivity index is 2.34. The van der Waals surface area contributed by atoms with Crippen LogP contribution in [0.3, 0.4) is 0 Å². The van der Waals surface area contributed by atoms with Gasteiger partial charge in [0.15, 0.2) is 0 Å². The van der Waals surface area contributed by atoms with Crippen LogP contribution in [0.15, 0.2) is 24.3 Å². The van der Waals surface area contributed by atoms with Crippen LogP contribution in [0.25, 0.3) is 0 Å². The number of ether oxygens (including phenoxy) is 1. The highest BCUT2D eigenvalue weighted by molar-refractivity contribution is 6.00. The Labute approximate surface area is 121 Å². The monoisotopic (exact) mass is 276 g/mol. The smallest absolute Gasteiger partial charge is 0.258 e. The maximum Gasteiger partial charge on any atom is 0.258 e. The van der Waals surface area contributed by atoms with E-state index in [2.05, 4.69) is 18.3 Å². The van der Waals surface area contributed by atoms with E-state index in [0.29, 0.717) is 6.04 Å². The topological polar surface area (TPSA) is 41.6 Å². The number of benzene rings is 1. The van der Waals surface area contributed by atoms with Crippen molar-refractivity contribution in [1.82, 2.24) is 5.32 Å². The summed E-state index contributed by atoms with van der Waals surface area (Å²) in [5, 5.41) is 3.48. The molecule has 1 atom stereocenters. The standard InChI is InChI=1S/C16H24N2O2/c1-5-17-13-10-11-18(15(19)16(2,3)20-4)14-9-7-6-8-12(13)14/h6-9,13,17H,5,10-11H2,1-4H3. The average molecular weight is 276 g/mol. The van der Waals surface area contributed by atoms with Gasteiger partial charge >= 0.3 is 0 Å². The molecule has 0 radical (unpaired) electrons. The van der Waals surface area contributed by atoms with Crippen molar-refractivity contribution in [2.45, 2.75) is 38.8 Å². The maximum atomic E-state index is 12.7. The fourth-order valence-electron chi connectivity index (χ4n) is 2.64. The molecule has 0 fully saturated rings. The number of methoxy groups -OCH3 is 1. The number of para-hydroxylation sites is 1. The van der Waals surface area contributed by atoms with Crippen LogP contribution >= 0.6 is 0 Å². The van der Waals surface area contributed by atoms with E-state index in [-0.39, 0.29) is 5.91 Å². The maximum absolute atomic E-state index is 12.7. The van der Waals surface area contributed by atoms with Gasteiger partial charge in [-0.2, -0.15) is 0 Å². The first-order chi connectivity index (χ1) is 9.51. The van der Waals surface area contributed by atoms with Crippen molar-refractivity contribution in [1.29, 1.82) is 0 Å². The summed E-state index contributed by atoms with van der Waals surface area (Å²) >= 11 is 0. The molecule has 1 aromatic carbocycles. The summed E-state index contributed by atoms with van der Waals surface area (Å²) in [6, 6.07) is 8.45. The predicted molar refractivity (Wildman–Crippen MR) is 80.9 cm³/mol. The number of hydrogen-bond donors (Lipinski definition) is 1. The first kappa shape index (κ1) is 15.0. The van der Waals surface area contributed by atoms with Gasteiger partial charge in [-0.25, -0.2) is 0 Å². The number of anilines is 1. The second-order valence-corrected chi connectivity index (χ2v) is 5.63. The Morgan fingerprint density at radius 3 is 2.80 bits per heavy atom.